The smallest absolute Gasteiger partial charge is 0.218 e. The van der Waals surface area contributed by atoms with Gasteiger partial charge in [0.05, 0.1) is 7.11 Å². The molecule has 0 spiro atoms. The normalized spacial score (nSPS) is 10.6. The van der Waals surface area contributed by atoms with Gasteiger partial charge in [0.1, 0.15) is 18.1 Å². The van der Waals surface area contributed by atoms with Crippen molar-refractivity contribution in [2.45, 2.75) is 18.2 Å². The van der Waals surface area contributed by atoms with Gasteiger partial charge in [-0.25, -0.2) is 0 Å². The molecule has 0 saturated heterocycles. The number of hydrogen-bond acceptors (Lipinski definition) is 6. The van der Waals surface area contributed by atoms with Crippen LogP contribution in [-0.2, 0) is 11.4 Å². The largest absolute Gasteiger partial charge is 0.497 e. The Bertz CT molecular complexity index is 882. The lowest BCUT2D eigenvalue weighted by atomic mass is 10.3. The van der Waals surface area contributed by atoms with Gasteiger partial charge in [0.25, 0.3) is 0 Å². The van der Waals surface area contributed by atoms with Gasteiger partial charge in [-0.3, -0.25) is 9.36 Å². The second-order valence-corrected chi connectivity index (χ2v) is 6.66. The minimum Gasteiger partial charge on any atom is -0.497 e. The lowest BCUT2D eigenvalue weighted by Gasteiger charge is -2.11. The maximum absolute atomic E-state index is 11.0. The first kappa shape index (κ1) is 18.8. The van der Waals surface area contributed by atoms with E-state index in [4.69, 9.17) is 15.2 Å². The number of thioether (sulfide) groups is 1. The van der Waals surface area contributed by atoms with Crippen LogP contribution in [0.25, 0.3) is 5.69 Å². The quantitative estimate of drug-likeness (QED) is 0.570. The van der Waals surface area contributed by atoms with Crippen LogP contribution >= 0.6 is 11.8 Å². The van der Waals surface area contributed by atoms with Crippen molar-refractivity contribution in [1.82, 2.24) is 14.8 Å². The van der Waals surface area contributed by atoms with E-state index >= 15 is 0 Å². The maximum atomic E-state index is 11.0. The molecular weight excluding hydrogens is 364 g/mol. The lowest BCUT2D eigenvalue weighted by molar-refractivity contribution is -0.117. The van der Waals surface area contributed by atoms with Gasteiger partial charge in [0.15, 0.2) is 11.0 Å². The van der Waals surface area contributed by atoms with E-state index < -0.39 is 0 Å². The Morgan fingerprint density at radius 2 is 1.78 bits per heavy atom. The molecule has 0 atom stereocenters. The highest BCUT2D eigenvalue weighted by atomic mass is 32.2. The number of aromatic nitrogens is 3. The van der Waals surface area contributed by atoms with Crippen LogP contribution in [0.5, 0.6) is 11.5 Å². The van der Waals surface area contributed by atoms with E-state index in [1.165, 1.54) is 11.8 Å². The van der Waals surface area contributed by atoms with Crippen molar-refractivity contribution in [2.24, 2.45) is 5.73 Å². The molecular formula is C19H20N4O3S. The number of nitrogens with two attached hydrogens (primary N) is 1. The first-order valence-corrected chi connectivity index (χ1v) is 9.33. The molecule has 1 heterocycles. The van der Waals surface area contributed by atoms with Gasteiger partial charge in [-0.05, 0) is 36.4 Å². The van der Waals surface area contributed by atoms with E-state index in [1.807, 2.05) is 59.2 Å². The van der Waals surface area contributed by atoms with E-state index in [0.29, 0.717) is 22.5 Å². The van der Waals surface area contributed by atoms with Crippen molar-refractivity contribution in [3.8, 4) is 17.2 Å². The number of amides is 1. The summed E-state index contributed by atoms with van der Waals surface area (Å²) in [7, 11) is 1.62. The van der Waals surface area contributed by atoms with Crippen molar-refractivity contribution >= 4 is 17.7 Å². The molecule has 2 aromatic carbocycles. The van der Waals surface area contributed by atoms with Crippen molar-refractivity contribution in [2.75, 3.05) is 12.9 Å². The van der Waals surface area contributed by atoms with Crippen LogP contribution in [-0.4, -0.2) is 33.5 Å². The Labute approximate surface area is 161 Å². The fourth-order valence-corrected chi connectivity index (χ4v) is 3.31. The van der Waals surface area contributed by atoms with Crippen LogP contribution in [0.2, 0.25) is 0 Å². The first-order chi connectivity index (χ1) is 13.2. The third-order valence-corrected chi connectivity index (χ3v) is 4.65. The van der Waals surface area contributed by atoms with Crippen LogP contribution in [0.4, 0.5) is 0 Å². The van der Waals surface area contributed by atoms with Crippen molar-refractivity contribution in [1.29, 1.82) is 0 Å². The highest BCUT2D eigenvalue weighted by molar-refractivity contribution is 7.99. The molecule has 0 aliphatic rings. The molecule has 0 fully saturated rings. The number of benzene rings is 2. The number of hydrogen-bond donors (Lipinski definition) is 1. The minimum absolute atomic E-state index is 0.255. The van der Waals surface area contributed by atoms with Crippen LogP contribution in [0.1, 0.15) is 12.2 Å². The maximum Gasteiger partial charge on any atom is 0.218 e. The van der Waals surface area contributed by atoms with E-state index in [2.05, 4.69) is 10.2 Å². The number of carbonyl (C=O) groups excluding carboxylic acids is 1. The van der Waals surface area contributed by atoms with Gasteiger partial charge >= 0.3 is 0 Å². The zero-order chi connectivity index (χ0) is 19.1. The van der Waals surface area contributed by atoms with Crippen LogP contribution in [0, 0.1) is 0 Å². The summed E-state index contributed by atoms with van der Waals surface area (Å²) in [5.74, 6) is 2.35. The van der Waals surface area contributed by atoms with Gasteiger partial charge < -0.3 is 15.2 Å². The van der Waals surface area contributed by atoms with E-state index in [-0.39, 0.29) is 18.9 Å². The molecule has 1 aromatic heterocycles. The zero-order valence-corrected chi connectivity index (χ0v) is 15.7. The fourth-order valence-electron chi connectivity index (χ4n) is 2.39. The van der Waals surface area contributed by atoms with Crippen molar-refractivity contribution in [3.05, 3.63) is 60.4 Å². The molecule has 0 bridgehead atoms. The molecule has 140 valence electrons. The van der Waals surface area contributed by atoms with Gasteiger partial charge in [0, 0.05) is 17.9 Å². The van der Waals surface area contributed by atoms with Gasteiger partial charge in [-0.2, -0.15) is 0 Å². The molecule has 2 N–H and O–H groups in total. The summed E-state index contributed by atoms with van der Waals surface area (Å²) in [5, 5.41) is 9.21. The Balaban J connectivity index is 1.78. The molecule has 27 heavy (non-hydrogen) atoms. The Morgan fingerprint density at radius 1 is 1.07 bits per heavy atom. The summed E-state index contributed by atoms with van der Waals surface area (Å²) < 4.78 is 12.9. The van der Waals surface area contributed by atoms with Gasteiger partial charge in [-0.1, -0.05) is 30.0 Å². The summed E-state index contributed by atoms with van der Waals surface area (Å²) in [5.41, 5.74) is 6.15. The number of methoxy groups -OCH3 is 1. The average Bonchev–Trinajstić information content (AvgIpc) is 3.10. The predicted molar refractivity (Wildman–Crippen MR) is 103 cm³/mol. The highest BCUT2D eigenvalue weighted by Crippen LogP contribution is 2.24. The number of primary amides is 1. The summed E-state index contributed by atoms with van der Waals surface area (Å²) >= 11 is 1.43. The second kappa shape index (κ2) is 9.09. The summed E-state index contributed by atoms with van der Waals surface area (Å²) in [6, 6.07) is 17.1. The third-order valence-electron chi connectivity index (χ3n) is 3.72. The minimum atomic E-state index is -0.337. The fraction of sp³-hybridized carbons (Fsp3) is 0.211. The Kier molecular flexibility index (Phi) is 6.32. The Hall–Kier alpha value is -3.00. The summed E-state index contributed by atoms with van der Waals surface area (Å²) in [6.07, 6.45) is 0.282. The molecule has 1 amide bonds. The number of nitrogens with zero attached hydrogens (tertiary/aromatic N) is 3. The summed E-state index contributed by atoms with van der Waals surface area (Å²) in [4.78, 5) is 11.0. The SMILES string of the molecule is COc1ccc(OCc2nnc(SCCC(N)=O)n2-c2ccccc2)cc1. The molecule has 0 unspecified atom stereocenters. The van der Waals surface area contributed by atoms with Crippen LogP contribution in [0.3, 0.4) is 0 Å². The summed E-state index contributed by atoms with van der Waals surface area (Å²) in [6.45, 7) is 0.255. The monoisotopic (exact) mass is 384 g/mol. The van der Waals surface area contributed by atoms with Crippen LogP contribution < -0.4 is 15.2 Å². The van der Waals surface area contributed by atoms with Crippen LogP contribution in [0.15, 0.2) is 59.8 Å². The number of para-hydroxylation sites is 1. The van der Waals surface area contributed by atoms with Gasteiger partial charge in [-0.15, -0.1) is 10.2 Å². The second-order valence-electron chi connectivity index (χ2n) is 5.60. The number of ether oxygens (including phenoxy) is 2. The van der Waals surface area contributed by atoms with E-state index in [0.717, 1.165) is 11.4 Å². The molecule has 8 heteroatoms. The third kappa shape index (κ3) is 5.01. The molecule has 0 aliphatic carbocycles. The van der Waals surface area contributed by atoms with E-state index in [9.17, 15) is 4.79 Å². The number of carbonyl (C=O) groups is 1. The predicted octanol–water partition coefficient (Wildman–Crippen LogP) is 2.82. The first-order valence-electron chi connectivity index (χ1n) is 8.35. The van der Waals surface area contributed by atoms with E-state index in [1.54, 1.807) is 7.11 Å². The molecule has 0 radical (unpaired) electrons. The molecule has 0 saturated carbocycles. The van der Waals surface area contributed by atoms with Crippen molar-refractivity contribution < 1.29 is 14.3 Å². The molecule has 3 aromatic rings. The number of rotatable bonds is 9. The topological polar surface area (TPSA) is 92.3 Å². The molecule has 0 aliphatic heterocycles. The molecule has 7 nitrogen and oxygen atoms in total. The molecule has 3 rings (SSSR count). The highest BCUT2D eigenvalue weighted by Gasteiger charge is 2.15. The standard InChI is InChI=1S/C19H20N4O3S/c1-25-15-7-9-16(10-8-15)26-13-18-21-22-19(27-12-11-17(20)24)23(18)14-5-3-2-4-6-14/h2-10H,11-13H2,1H3,(H2,20,24). The van der Waals surface area contributed by atoms with Crippen molar-refractivity contribution in [3.63, 3.8) is 0 Å². The lowest BCUT2D eigenvalue weighted by Crippen LogP contribution is -2.11. The Morgan fingerprint density at radius 3 is 2.44 bits per heavy atom. The van der Waals surface area contributed by atoms with Gasteiger partial charge in [0.2, 0.25) is 5.91 Å². The zero-order valence-electron chi connectivity index (χ0n) is 14.9. The average molecular weight is 384 g/mol.